The molecule has 8 heteroatoms. The van der Waals surface area contributed by atoms with Gasteiger partial charge in [0.05, 0.1) is 12.6 Å². The largest absolute Gasteiger partial charge is 0.741 e. The Morgan fingerprint density at radius 1 is 0.870 bits per heavy atom. The van der Waals surface area contributed by atoms with Crippen molar-refractivity contribution in [3.05, 3.63) is 0 Å². The van der Waals surface area contributed by atoms with E-state index in [1.165, 1.54) is 57.8 Å². The maximum absolute atomic E-state index is 10.7. The maximum atomic E-state index is 10.7. The van der Waals surface area contributed by atoms with E-state index in [1.807, 2.05) is 0 Å². The lowest BCUT2D eigenvalue weighted by atomic mass is 9.83. The molecule has 0 rings (SSSR count). The SMILES string of the molecule is CCCCC(CCCC)(CCCC)[NH2+]C.O=S(=O)([O-])C(F)(F)F. The monoisotopic (exact) mass is 363 g/mol. The maximum Gasteiger partial charge on any atom is 0.485 e. The van der Waals surface area contributed by atoms with Gasteiger partial charge in [-0.25, -0.2) is 8.42 Å². The summed E-state index contributed by atoms with van der Waals surface area (Å²) in [5, 5.41) is 2.51. The molecule has 4 nitrogen and oxygen atoms in total. The van der Waals surface area contributed by atoms with Gasteiger partial charge in [-0.15, -0.1) is 0 Å². The molecule has 23 heavy (non-hydrogen) atoms. The second-order valence-electron chi connectivity index (χ2n) is 5.86. The fourth-order valence-corrected chi connectivity index (χ4v) is 2.39. The molecule has 0 unspecified atom stereocenters. The van der Waals surface area contributed by atoms with Crippen LogP contribution in [0.3, 0.4) is 0 Å². The van der Waals surface area contributed by atoms with Crippen LogP contribution < -0.4 is 5.32 Å². The van der Waals surface area contributed by atoms with Crippen LogP contribution >= 0.6 is 0 Å². The van der Waals surface area contributed by atoms with E-state index in [0.29, 0.717) is 5.54 Å². The Bertz CT molecular complexity index is 362. The molecular weight excluding hydrogens is 331 g/mol. The van der Waals surface area contributed by atoms with Crippen LogP contribution in [0.2, 0.25) is 0 Å². The molecule has 0 saturated heterocycles. The molecule has 0 fully saturated rings. The van der Waals surface area contributed by atoms with Gasteiger partial charge in [-0.1, -0.05) is 40.0 Å². The van der Waals surface area contributed by atoms with Crippen LogP contribution in [0.15, 0.2) is 0 Å². The molecule has 0 saturated carbocycles. The molecule has 0 heterocycles. The third-order valence-corrected chi connectivity index (χ3v) is 4.55. The van der Waals surface area contributed by atoms with E-state index in [1.54, 1.807) is 0 Å². The van der Waals surface area contributed by atoms with Crippen LogP contribution in [0, 0.1) is 0 Å². The van der Waals surface area contributed by atoms with Gasteiger partial charge in [0.25, 0.3) is 0 Å². The van der Waals surface area contributed by atoms with Gasteiger partial charge in [0, 0.05) is 19.3 Å². The molecule has 0 aliphatic carbocycles. The van der Waals surface area contributed by atoms with E-state index in [-0.39, 0.29) is 0 Å². The van der Waals surface area contributed by atoms with Crippen molar-refractivity contribution in [2.24, 2.45) is 0 Å². The molecule has 0 aromatic rings. The van der Waals surface area contributed by atoms with Crippen LogP contribution in [0.1, 0.15) is 78.6 Å². The highest BCUT2D eigenvalue weighted by atomic mass is 32.2. The summed E-state index contributed by atoms with van der Waals surface area (Å²) in [6, 6.07) is 0. The Labute approximate surface area is 139 Å². The summed E-state index contributed by atoms with van der Waals surface area (Å²) < 4.78 is 58.9. The van der Waals surface area contributed by atoms with E-state index >= 15 is 0 Å². The molecular formula is C15H32F3NO3S. The van der Waals surface area contributed by atoms with Crippen LogP contribution in [0.25, 0.3) is 0 Å². The van der Waals surface area contributed by atoms with Gasteiger partial charge in [-0.2, -0.15) is 13.2 Å². The Balaban J connectivity index is 0. The highest BCUT2D eigenvalue weighted by Crippen LogP contribution is 2.23. The number of quaternary nitrogens is 1. The summed E-state index contributed by atoms with van der Waals surface area (Å²) in [6.07, 6.45) is 12.5. The van der Waals surface area contributed by atoms with Crippen molar-refractivity contribution in [2.75, 3.05) is 7.05 Å². The number of hydrogen-bond acceptors (Lipinski definition) is 3. The lowest BCUT2D eigenvalue weighted by molar-refractivity contribution is -0.707. The first-order valence-corrected chi connectivity index (χ1v) is 9.73. The summed E-state index contributed by atoms with van der Waals surface area (Å²) in [6.45, 7) is 6.92. The topological polar surface area (TPSA) is 73.8 Å². The zero-order valence-electron chi connectivity index (χ0n) is 14.7. The lowest BCUT2D eigenvalue weighted by Crippen LogP contribution is -2.93. The van der Waals surface area contributed by atoms with Crippen molar-refractivity contribution >= 4 is 10.1 Å². The van der Waals surface area contributed by atoms with Gasteiger partial charge in [0.15, 0.2) is 10.1 Å². The Hall–Kier alpha value is -0.340. The van der Waals surface area contributed by atoms with E-state index < -0.39 is 15.6 Å². The summed E-state index contributed by atoms with van der Waals surface area (Å²) >= 11 is 0. The van der Waals surface area contributed by atoms with Crippen LogP contribution in [-0.2, 0) is 10.1 Å². The summed E-state index contributed by atoms with van der Waals surface area (Å²) in [5.41, 5.74) is -5.07. The van der Waals surface area contributed by atoms with Crippen molar-refractivity contribution in [1.82, 2.24) is 0 Å². The van der Waals surface area contributed by atoms with Crippen molar-refractivity contribution < 1.29 is 31.5 Å². The third-order valence-electron chi connectivity index (χ3n) is 3.98. The summed E-state index contributed by atoms with van der Waals surface area (Å²) in [5.74, 6) is 0. The van der Waals surface area contributed by atoms with E-state index in [0.717, 1.165) is 0 Å². The van der Waals surface area contributed by atoms with Crippen LogP contribution in [0.5, 0.6) is 0 Å². The Morgan fingerprint density at radius 2 is 1.13 bits per heavy atom. The van der Waals surface area contributed by atoms with Crippen molar-refractivity contribution in [3.8, 4) is 0 Å². The standard InChI is InChI=1S/C14H31N.CHF3O3S/c1-5-8-11-14(15-4,12-9-6-2)13-10-7-3;2-1(3,4)8(5,6)7/h15H,5-13H2,1-4H3;(H,5,6,7). The quantitative estimate of drug-likeness (QED) is 0.476. The lowest BCUT2D eigenvalue weighted by Gasteiger charge is -2.30. The number of halogens is 3. The van der Waals surface area contributed by atoms with Gasteiger partial charge in [0.2, 0.25) is 0 Å². The molecule has 0 aromatic carbocycles. The molecule has 2 N–H and O–H groups in total. The smallest absolute Gasteiger partial charge is 0.485 e. The van der Waals surface area contributed by atoms with E-state index in [2.05, 4.69) is 33.1 Å². The number of unbranched alkanes of at least 4 members (excludes halogenated alkanes) is 3. The number of hydrogen-bond donors (Lipinski definition) is 1. The van der Waals surface area contributed by atoms with Gasteiger partial charge >= 0.3 is 5.51 Å². The fraction of sp³-hybridized carbons (Fsp3) is 1.00. The molecule has 0 atom stereocenters. The first-order valence-electron chi connectivity index (χ1n) is 8.32. The van der Waals surface area contributed by atoms with Crippen LogP contribution in [0.4, 0.5) is 13.2 Å². The molecule has 0 aliphatic rings. The number of rotatable bonds is 10. The van der Waals surface area contributed by atoms with Crippen molar-refractivity contribution in [2.45, 2.75) is 89.6 Å². The Morgan fingerprint density at radius 3 is 1.26 bits per heavy atom. The second-order valence-corrected chi connectivity index (χ2v) is 7.23. The Kier molecular flexibility index (Phi) is 13.1. The highest BCUT2D eigenvalue weighted by Gasteiger charge is 2.36. The second kappa shape index (κ2) is 12.1. The van der Waals surface area contributed by atoms with Gasteiger partial charge in [-0.05, 0) is 19.3 Å². The summed E-state index contributed by atoms with van der Waals surface area (Å²) in [7, 11) is -3.81. The van der Waals surface area contributed by atoms with Gasteiger partial charge in [-0.3, -0.25) is 0 Å². The molecule has 0 aliphatic heterocycles. The first-order chi connectivity index (χ1) is 10.5. The average molecular weight is 363 g/mol. The molecule has 0 amide bonds. The van der Waals surface area contributed by atoms with E-state index in [9.17, 15) is 13.2 Å². The fourth-order valence-electron chi connectivity index (χ4n) is 2.39. The highest BCUT2D eigenvalue weighted by molar-refractivity contribution is 7.86. The number of nitrogens with two attached hydrogens (primary N) is 1. The molecule has 0 spiro atoms. The zero-order valence-corrected chi connectivity index (χ0v) is 15.5. The predicted molar refractivity (Wildman–Crippen MR) is 84.9 cm³/mol. The zero-order chi connectivity index (χ0) is 18.6. The normalized spacial score (nSPS) is 12.7. The first kappa shape index (κ1) is 24.9. The predicted octanol–water partition coefficient (Wildman–Crippen LogP) is 3.54. The van der Waals surface area contributed by atoms with E-state index in [4.69, 9.17) is 13.0 Å². The number of alkyl halides is 3. The van der Waals surface area contributed by atoms with Crippen LogP contribution in [-0.4, -0.2) is 31.1 Å². The minimum atomic E-state index is -6.09. The molecule has 0 aromatic heterocycles. The molecule has 0 bridgehead atoms. The summed E-state index contributed by atoms with van der Waals surface area (Å²) in [4.78, 5) is 0. The van der Waals surface area contributed by atoms with Crippen molar-refractivity contribution in [1.29, 1.82) is 0 Å². The third kappa shape index (κ3) is 11.8. The minimum absolute atomic E-state index is 0.571. The van der Waals surface area contributed by atoms with Gasteiger partial charge < -0.3 is 9.87 Å². The molecule has 0 radical (unpaired) electrons. The minimum Gasteiger partial charge on any atom is -0.741 e. The van der Waals surface area contributed by atoms with Crippen molar-refractivity contribution in [3.63, 3.8) is 0 Å². The van der Waals surface area contributed by atoms with Gasteiger partial charge in [0.1, 0.15) is 0 Å². The average Bonchev–Trinajstić information content (AvgIpc) is 2.46. The molecule has 142 valence electrons.